The Balaban J connectivity index is 2.28. The highest BCUT2D eigenvalue weighted by Gasteiger charge is 2.16. The molecule has 5 heteroatoms. The zero-order chi connectivity index (χ0) is 17.4. The van der Waals surface area contributed by atoms with E-state index in [0.29, 0.717) is 10.9 Å². The van der Waals surface area contributed by atoms with Gasteiger partial charge in [0.05, 0.1) is 16.8 Å². The summed E-state index contributed by atoms with van der Waals surface area (Å²) in [5.41, 5.74) is 1.72. The van der Waals surface area contributed by atoms with E-state index in [1.807, 2.05) is 19.9 Å². The maximum Gasteiger partial charge on any atom is 0.336 e. The lowest BCUT2D eigenvalue weighted by Gasteiger charge is -2.11. The molecule has 3 aromatic rings. The number of aromatic nitrogens is 1. The van der Waals surface area contributed by atoms with E-state index in [1.165, 1.54) is 12.1 Å². The van der Waals surface area contributed by atoms with Crippen LogP contribution in [-0.4, -0.2) is 16.1 Å². The van der Waals surface area contributed by atoms with Crippen molar-refractivity contribution in [2.45, 2.75) is 19.8 Å². The second kappa shape index (κ2) is 6.00. The molecule has 0 aliphatic heterocycles. The first-order valence-electron chi connectivity index (χ1n) is 7.50. The lowest BCUT2D eigenvalue weighted by atomic mass is 9.97. The molecule has 0 saturated heterocycles. The Morgan fingerprint density at radius 2 is 1.83 bits per heavy atom. The van der Waals surface area contributed by atoms with Crippen LogP contribution in [0.5, 0.6) is 0 Å². The molecule has 0 atom stereocenters. The number of nitrogens with zero attached hydrogens (tertiary/aromatic N) is 1. The van der Waals surface area contributed by atoms with Gasteiger partial charge in [0.2, 0.25) is 0 Å². The zero-order valence-corrected chi connectivity index (χ0v) is 13.2. The molecule has 0 bridgehead atoms. The highest BCUT2D eigenvalue weighted by atomic mass is 19.1. The van der Waals surface area contributed by atoms with Crippen molar-refractivity contribution in [1.82, 2.24) is 4.98 Å². The highest BCUT2D eigenvalue weighted by Crippen LogP contribution is 2.29. The minimum absolute atomic E-state index is 0.0428. The quantitative estimate of drug-likeness (QED) is 0.736. The smallest absolute Gasteiger partial charge is 0.336 e. The summed E-state index contributed by atoms with van der Waals surface area (Å²) in [6.45, 7) is 4.02. The van der Waals surface area contributed by atoms with Crippen LogP contribution in [0.1, 0.15) is 35.7 Å². The van der Waals surface area contributed by atoms with Crippen LogP contribution in [0, 0.1) is 11.6 Å². The first-order valence-corrected chi connectivity index (χ1v) is 7.50. The van der Waals surface area contributed by atoms with E-state index in [2.05, 4.69) is 4.98 Å². The van der Waals surface area contributed by atoms with Crippen molar-refractivity contribution in [2.24, 2.45) is 0 Å². The predicted octanol–water partition coefficient (Wildman–Crippen LogP) is 5.00. The number of pyridine rings is 1. The Bertz CT molecular complexity index is 951. The number of aromatic carboxylic acids is 1. The van der Waals surface area contributed by atoms with Gasteiger partial charge in [-0.25, -0.2) is 18.6 Å². The van der Waals surface area contributed by atoms with Gasteiger partial charge in [0.25, 0.3) is 0 Å². The fourth-order valence-electron chi connectivity index (χ4n) is 2.61. The molecule has 24 heavy (non-hydrogen) atoms. The number of benzene rings is 2. The van der Waals surface area contributed by atoms with E-state index in [1.54, 1.807) is 12.1 Å². The third kappa shape index (κ3) is 2.85. The van der Waals surface area contributed by atoms with Gasteiger partial charge in [0.1, 0.15) is 11.6 Å². The number of rotatable bonds is 3. The first-order chi connectivity index (χ1) is 11.4. The summed E-state index contributed by atoms with van der Waals surface area (Å²) >= 11 is 0. The van der Waals surface area contributed by atoms with Crippen LogP contribution in [0.3, 0.4) is 0 Å². The standard InChI is InChI=1S/C19H15F2NO2/c1-10(2)11-3-6-17-14(7-11)15(19(23)24)9-18(22-17)13-5-4-12(20)8-16(13)21/h3-10H,1-2H3,(H,23,24). The lowest BCUT2D eigenvalue weighted by Crippen LogP contribution is -2.02. The van der Waals surface area contributed by atoms with Crippen LogP contribution in [-0.2, 0) is 0 Å². The van der Waals surface area contributed by atoms with Crippen molar-refractivity contribution < 1.29 is 18.7 Å². The monoisotopic (exact) mass is 327 g/mol. The van der Waals surface area contributed by atoms with Crippen molar-refractivity contribution in [3.8, 4) is 11.3 Å². The summed E-state index contributed by atoms with van der Waals surface area (Å²) in [6.07, 6.45) is 0. The number of carbonyl (C=O) groups is 1. The Morgan fingerprint density at radius 1 is 1.08 bits per heavy atom. The maximum absolute atomic E-state index is 14.0. The molecular weight excluding hydrogens is 312 g/mol. The second-order valence-corrected chi connectivity index (χ2v) is 5.92. The number of hydrogen-bond acceptors (Lipinski definition) is 2. The molecule has 0 amide bonds. The minimum Gasteiger partial charge on any atom is -0.478 e. The fourth-order valence-corrected chi connectivity index (χ4v) is 2.61. The van der Waals surface area contributed by atoms with Crippen LogP contribution in [0.15, 0.2) is 42.5 Å². The zero-order valence-electron chi connectivity index (χ0n) is 13.2. The van der Waals surface area contributed by atoms with Crippen LogP contribution in [0.2, 0.25) is 0 Å². The highest BCUT2D eigenvalue weighted by molar-refractivity contribution is 6.04. The van der Waals surface area contributed by atoms with Crippen molar-refractivity contribution in [3.05, 3.63) is 65.2 Å². The van der Waals surface area contributed by atoms with Gasteiger partial charge in [-0.2, -0.15) is 0 Å². The van der Waals surface area contributed by atoms with Gasteiger partial charge in [0.15, 0.2) is 0 Å². The van der Waals surface area contributed by atoms with Gasteiger partial charge in [-0.1, -0.05) is 19.9 Å². The maximum atomic E-state index is 14.0. The average molecular weight is 327 g/mol. The molecule has 3 rings (SSSR count). The van der Waals surface area contributed by atoms with E-state index in [0.717, 1.165) is 17.7 Å². The van der Waals surface area contributed by atoms with Gasteiger partial charge < -0.3 is 5.11 Å². The van der Waals surface area contributed by atoms with Crippen molar-refractivity contribution in [1.29, 1.82) is 0 Å². The predicted molar refractivity (Wildman–Crippen MR) is 88.1 cm³/mol. The second-order valence-electron chi connectivity index (χ2n) is 5.92. The Kier molecular flexibility index (Phi) is 4.01. The SMILES string of the molecule is CC(C)c1ccc2nc(-c3ccc(F)cc3F)cc(C(=O)O)c2c1. The number of carboxylic acid groups (broad SMARTS) is 1. The third-order valence-electron chi connectivity index (χ3n) is 3.94. The third-order valence-corrected chi connectivity index (χ3v) is 3.94. The molecule has 0 radical (unpaired) electrons. The molecule has 2 aromatic carbocycles. The number of fused-ring (bicyclic) bond motifs is 1. The number of halogens is 2. The fraction of sp³-hybridized carbons (Fsp3) is 0.158. The normalized spacial score (nSPS) is 11.2. The molecular formula is C19H15F2NO2. The van der Waals surface area contributed by atoms with Crippen molar-refractivity contribution >= 4 is 16.9 Å². The molecule has 1 aromatic heterocycles. The molecule has 122 valence electrons. The van der Waals surface area contributed by atoms with Gasteiger partial charge in [0, 0.05) is 17.0 Å². The van der Waals surface area contributed by atoms with Crippen molar-refractivity contribution in [2.75, 3.05) is 0 Å². The molecule has 0 aliphatic rings. The number of hydrogen-bond donors (Lipinski definition) is 1. The number of carboxylic acids is 1. The molecule has 3 nitrogen and oxygen atoms in total. The average Bonchev–Trinajstić information content (AvgIpc) is 2.53. The van der Waals surface area contributed by atoms with Gasteiger partial charge in [-0.3, -0.25) is 0 Å². The summed E-state index contributed by atoms with van der Waals surface area (Å²) in [4.78, 5) is 16.0. The molecule has 0 spiro atoms. The first kappa shape index (κ1) is 16.1. The molecule has 0 saturated carbocycles. The van der Waals surface area contributed by atoms with Crippen LogP contribution >= 0.6 is 0 Å². The molecule has 0 aliphatic carbocycles. The van der Waals surface area contributed by atoms with E-state index in [9.17, 15) is 18.7 Å². The Hall–Kier alpha value is -2.82. The topological polar surface area (TPSA) is 50.2 Å². The van der Waals surface area contributed by atoms with Gasteiger partial charge >= 0.3 is 5.97 Å². The van der Waals surface area contributed by atoms with Gasteiger partial charge in [-0.05, 0) is 41.8 Å². The molecule has 1 N–H and O–H groups in total. The van der Waals surface area contributed by atoms with Gasteiger partial charge in [-0.15, -0.1) is 0 Å². The van der Waals surface area contributed by atoms with E-state index in [4.69, 9.17) is 0 Å². The van der Waals surface area contributed by atoms with Crippen LogP contribution in [0.25, 0.3) is 22.2 Å². The Morgan fingerprint density at radius 3 is 2.46 bits per heavy atom. The molecule has 0 unspecified atom stereocenters. The molecule has 1 heterocycles. The van der Waals surface area contributed by atoms with E-state index < -0.39 is 17.6 Å². The summed E-state index contributed by atoms with van der Waals surface area (Å²) < 4.78 is 27.1. The largest absolute Gasteiger partial charge is 0.478 e. The van der Waals surface area contributed by atoms with Crippen LogP contribution < -0.4 is 0 Å². The molecule has 0 fully saturated rings. The summed E-state index contributed by atoms with van der Waals surface area (Å²) in [5.74, 6) is -2.36. The van der Waals surface area contributed by atoms with E-state index in [-0.39, 0.29) is 22.7 Å². The summed E-state index contributed by atoms with van der Waals surface area (Å²) in [6, 6.07) is 9.84. The van der Waals surface area contributed by atoms with E-state index >= 15 is 0 Å². The lowest BCUT2D eigenvalue weighted by molar-refractivity contribution is 0.0699. The van der Waals surface area contributed by atoms with Crippen LogP contribution in [0.4, 0.5) is 8.78 Å². The summed E-state index contributed by atoms with van der Waals surface area (Å²) in [7, 11) is 0. The van der Waals surface area contributed by atoms with Crippen molar-refractivity contribution in [3.63, 3.8) is 0 Å². The summed E-state index contributed by atoms with van der Waals surface area (Å²) in [5, 5.41) is 10.0. The minimum atomic E-state index is -1.12. The Labute approximate surface area is 137 Å².